The number of fused-ring (bicyclic) bond motifs is 1. The van der Waals surface area contributed by atoms with Gasteiger partial charge in [-0.15, -0.1) is 0 Å². The van der Waals surface area contributed by atoms with Crippen molar-refractivity contribution in [2.24, 2.45) is 11.8 Å². The Bertz CT molecular complexity index is 5690. The number of hydrogen-bond acceptors (Lipinski definition) is 39. The van der Waals surface area contributed by atoms with Gasteiger partial charge in [0, 0.05) is 86.7 Å². The van der Waals surface area contributed by atoms with Crippen molar-refractivity contribution in [2.45, 2.75) is 166 Å². The van der Waals surface area contributed by atoms with Crippen molar-refractivity contribution in [1.29, 1.82) is 15.8 Å². The molecule has 0 spiro atoms. The van der Waals surface area contributed by atoms with Gasteiger partial charge in [0.2, 0.25) is 11.9 Å². The SMILES string of the molecule is CC[C@H]1O[C@@H](n2cc(C)c(NC(=O)c3ccccc3)nc2=O)C(OCCOC)[C@H]1OP(=O)(OCCC#N)OC[C@H]1O[C@@H](n2cc(C)c(NC(=O)c3ccccc3)nc2=O)C(OCCOC)[C@H]1OP(=O)(OCCC#N)OC[C@H]1O[C@@H](n2cnc3c(=O)[nH]c(NC(=O)C(C)C)nc32)C(OCCOC)[C@H]1OP(=O)(OCCC#N)OC[C@H]1O[C@@H](n2cc(C)c(=O)[nH]c2=O)C(OCCOC)[C@H]1C. The fourth-order valence-electron chi connectivity index (χ4n) is 14.2. The highest BCUT2D eigenvalue weighted by atomic mass is 31.2. The normalized spacial score (nSPS) is 24.3. The molecule has 48 nitrogen and oxygen atoms in total. The first-order valence-corrected chi connectivity index (χ1v) is 46.2. The number of nitriles is 3. The van der Waals surface area contributed by atoms with E-state index in [1.54, 1.807) is 83.1 Å². The lowest BCUT2D eigenvalue weighted by Crippen LogP contribution is -2.41. The molecular formula is C81H105N16O32P3. The van der Waals surface area contributed by atoms with E-state index >= 15 is 13.7 Å². The summed E-state index contributed by atoms with van der Waals surface area (Å²) in [7, 11) is -10.8. The number of aromatic nitrogens is 10. The lowest BCUT2D eigenvalue weighted by Gasteiger charge is -2.31. The summed E-state index contributed by atoms with van der Waals surface area (Å²) in [5, 5.41) is 37.8. The van der Waals surface area contributed by atoms with Crippen LogP contribution in [0.5, 0.6) is 0 Å². The molecule has 5 aromatic heterocycles. The summed E-state index contributed by atoms with van der Waals surface area (Å²) in [6, 6.07) is 21.8. The molecule has 4 fully saturated rings. The Labute approximate surface area is 755 Å². The molecule has 0 radical (unpaired) electrons. The first-order chi connectivity index (χ1) is 63.4. The van der Waals surface area contributed by atoms with Crippen LogP contribution >= 0.6 is 23.5 Å². The number of carbonyl (C=O) groups is 3. The number of nitrogens with zero attached hydrogens (tertiary/aromatic N) is 11. The van der Waals surface area contributed by atoms with E-state index in [4.69, 9.17) is 97.6 Å². The van der Waals surface area contributed by atoms with Crippen molar-refractivity contribution in [3.63, 3.8) is 0 Å². The van der Waals surface area contributed by atoms with E-state index in [-0.39, 0.29) is 109 Å². The van der Waals surface area contributed by atoms with Crippen LogP contribution < -0.4 is 44.1 Å². The van der Waals surface area contributed by atoms with E-state index in [1.807, 2.05) is 18.2 Å². The third kappa shape index (κ3) is 25.9. The van der Waals surface area contributed by atoms with Gasteiger partial charge in [-0.05, 0) is 51.5 Å². The summed E-state index contributed by atoms with van der Waals surface area (Å²) in [6.45, 7) is 4.75. The Hall–Kier alpha value is -10.0. The number of nitrogens with one attached hydrogen (secondary N) is 5. The summed E-state index contributed by atoms with van der Waals surface area (Å²) in [5.74, 6) is -3.81. The Kier molecular flexibility index (Phi) is 37.4. The fourth-order valence-corrected chi connectivity index (χ4v) is 18.4. The van der Waals surface area contributed by atoms with Gasteiger partial charge in [0.05, 0.1) is 149 Å². The second-order valence-corrected chi connectivity index (χ2v) is 35.3. The molecule has 4 saturated heterocycles. The van der Waals surface area contributed by atoms with Gasteiger partial charge in [-0.1, -0.05) is 64.1 Å². The van der Waals surface area contributed by atoms with Crippen LogP contribution in [-0.2, 0) is 116 Å². The standard InChI is InChI=1S/C81H105N16O32P3/c1-12-54-60(63(114-37-33-110-9)75(123-54)94-40-48(4)66(88-79(94)103)86-71(100)52-22-15-13-16-23-52)127-131(107,118-30-20-27-83)121-44-56-61(64(115-38-34-111-10)76(125-56)95-41-49(5)67(89-80(95)104)87-72(101)53-24-17-14-18-25-53)128-132(108,119-31-21-28-84)122-45-57-62(65(116-39-35-112-11)77(126-57)97-46-85-58-68(97)90-78(92-73(58)102)91-69(98)47(2)3)129-130(106,117-29-19-26-82)120-43-55-51(7)59(113-36-32-109-8)74(124-55)96-42-50(6)70(99)93-81(96)105/h13-18,22-25,40-42,46-47,51,54-57,59-65,74-77H,12,19-21,29-39,43-45H2,1-11H3,(H,93,99,105)(H,86,88,100,103)(H,87,89,101,104)(H2,90,91,92,98,102)/t51-,54+,55+,56+,57+,59?,60-,61-,62-,63?,64?,65?,74+,75+,76+,77+,130?,131?,132?/m0/s1. The highest BCUT2D eigenvalue weighted by Gasteiger charge is 2.58. The van der Waals surface area contributed by atoms with Gasteiger partial charge in [-0.3, -0.25) is 98.2 Å². The van der Waals surface area contributed by atoms with E-state index in [1.165, 1.54) is 77.6 Å². The molecule has 0 bridgehead atoms. The second-order valence-electron chi connectivity index (χ2n) is 30.4. The maximum atomic E-state index is 16.6. The number of hydrogen-bond donors (Lipinski definition) is 5. The minimum Gasteiger partial charge on any atom is -0.382 e. The van der Waals surface area contributed by atoms with Gasteiger partial charge in [0.15, 0.2) is 36.1 Å². The molecule has 2 aromatic carbocycles. The number of methoxy groups -OCH3 is 4. The largest absolute Gasteiger partial charge is 0.475 e. The number of ether oxygens (including phenoxy) is 12. The predicted octanol–water partition coefficient (Wildman–Crippen LogP) is 6.29. The van der Waals surface area contributed by atoms with Crippen LogP contribution in [-0.4, -0.2) is 254 Å². The maximum Gasteiger partial charge on any atom is 0.475 e. The molecule has 11 rings (SSSR count). The molecule has 19 atom stereocenters. The number of imidazole rings is 1. The molecule has 3 amide bonds. The summed E-state index contributed by atoms with van der Waals surface area (Å²) < 4.78 is 183. The monoisotopic (exact) mass is 1910 g/mol. The van der Waals surface area contributed by atoms with E-state index in [0.29, 0.717) is 0 Å². The number of carbonyl (C=O) groups excluding carboxylic acids is 3. The third-order valence-electron chi connectivity index (χ3n) is 20.9. The molecule has 0 saturated carbocycles. The van der Waals surface area contributed by atoms with Gasteiger partial charge in [0.25, 0.3) is 22.9 Å². The van der Waals surface area contributed by atoms with Crippen LogP contribution in [0.1, 0.15) is 116 Å². The lowest BCUT2D eigenvalue weighted by atomic mass is 10.0. The van der Waals surface area contributed by atoms with Crippen molar-refractivity contribution >= 4 is 69.9 Å². The Balaban J connectivity index is 1.00. The molecular weight excluding hydrogens is 1800 g/mol. The van der Waals surface area contributed by atoms with Crippen molar-refractivity contribution < 1.29 is 126 Å². The predicted molar refractivity (Wildman–Crippen MR) is 458 cm³/mol. The van der Waals surface area contributed by atoms with Crippen LogP contribution in [0.25, 0.3) is 11.2 Å². The zero-order valence-electron chi connectivity index (χ0n) is 74.0. The summed E-state index contributed by atoms with van der Waals surface area (Å²) in [4.78, 5) is 132. The molecule has 51 heteroatoms. The highest BCUT2D eigenvalue weighted by molar-refractivity contribution is 7.49. The van der Waals surface area contributed by atoms with Crippen molar-refractivity contribution in [2.75, 3.05) is 137 Å². The highest BCUT2D eigenvalue weighted by Crippen LogP contribution is 2.59. The van der Waals surface area contributed by atoms with Crippen LogP contribution in [0.2, 0.25) is 0 Å². The zero-order valence-corrected chi connectivity index (χ0v) is 76.6. The van der Waals surface area contributed by atoms with Crippen molar-refractivity contribution in [1.82, 2.24) is 48.2 Å². The van der Waals surface area contributed by atoms with E-state index in [0.717, 1.165) is 20.0 Å². The summed E-state index contributed by atoms with van der Waals surface area (Å²) in [5.41, 5.74) is -4.03. The van der Waals surface area contributed by atoms with E-state index in [2.05, 4.69) is 45.9 Å². The fraction of sp³-hybridized carbons (Fsp3) is 0.568. The van der Waals surface area contributed by atoms with Gasteiger partial charge in [0.1, 0.15) is 66.6 Å². The topological polar surface area (TPSA) is 592 Å². The number of anilines is 3. The molecule has 4 aliphatic heterocycles. The number of amides is 3. The number of aromatic amines is 2. The molecule has 7 aromatic rings. The van der Waals surface area contributed by atoms with E-state index in [9.17, 15) is 54.1 Å². The van der Waals surface area contributed by atoms with Gasteiger partial charge in [-0.25, -0.2) is 33.1 Å². The molecule has 716 valence electrons. The quantitative estimate of drug-likeness (QED) is 0.0206. The smallest absolute Gasteiger partial charge is 0.382 e. The first-order valence-electron chi connectivity index (χ1n) is 41.8. The third-order valence-corrected chi connectivity index (χ3v) is 25.3. The molecule has 132 heavy (non-hydrogen) atoms. The molecule has 5 N–H and O–H groups in total. The minimum absolute atomic E-state index is 0.0230. The van der Waals surface area contributed by atoms with Crippen LogP contribution in [0, 0.1) is 66.6 Å². The van der Waals surface area contributed by atoms with Crippen molar-refractivity contribution in [3.8, 4) is 18.2 Å². The van der Waals surface area contributed by atoms with Crippen LogP contribution in [0.4, 0.5) is 17.6 Å². The number of H-pyrrole nitrogens is 2. The minimum atomic E-state index is -5.63. The molecule has 4 aliphatic rings. The maximum absolute atomic E-state index is 16.6. The number of rotatable bonds is 51. The summed E-state index contributed by atoms with van der Waals surface area (Å²) >= 11 is 0. The number of aryl methyl sites for hydroxylation is 3. The average Bonchev–Trinajstić information content (AvgIpc) is 1.60. The number of phosphoric acid groups is 3. The Morgan fingerprint density at radius 3 is 1.27 bits per heavy atom. The van der Waals surface area contributed by atoms with Crippen LogP contribution in [0.15, 0.2) is 110 Å². The van der Waals surface area contributed by atoms with Crippen molar-refractivity contribution in [3.05, 3.63) is 166 Å². The van der Waals surface area contributed by atoms with Gasteiger partial charge in [-0.2, -0.15) is 30.7 Å². The first kappa shape index (κ1) is 102. The van der Waals surface area contributed by atoms with E-state index < -0.39 is 239 Å². The van der Waals surface area contributed by atoms with Gasteiger partial charge < -0.3 is 67.5 Å². The Morgan fingerprint density at radius 1 is 0.470 bits per heavy atom. The zero-order chi connectivity index (χ0) is 95.0. The second kappa shape index (κ2) is 48.2. The van der Waals surface area contributed by atoms with Gasteiger partial charge >= 0.3 is 40.5 Å². The number of benzene rings is 2. The Morgan fingerprint density at radius 2 is 0.856 bits per heavy atom. The molecule has 9 heterocycles. The summed E-state index contributed by atoms with van der Waals surface area (Å²) in [6.07, 6.45) is -20.1. The molecule has 0 aliphatic carbocycles. The average molecular weight is 1910 g/mol. The van der Waals surface area contributed by atoms with Crippen LogP contribution in [0.3, 0.4) is 0 Å². The number of phosphoric ester groups is 3. The molecule has 7 unspecified atom stereocenters. The lowest BCUT2D eigenvalue weighted by molar-refractivity contribution is -0.119.